The number of hydrogen-bond donors (Lipinski definition) is 13. The molecule has 2 amide bonds. The van der Waals surface area contributed by atoms with Gasteiger partial charge in [-0.3, -0.25) is 27.8 Å². The maximum atomic E-state index is 13.0. The van der Waals surface area contributed by atoms with Gasteiger partial charge in [-0.1, -0.05) is 18.0 Å². The SMILES string of the molecule is CC(=O)N[C@H]1[C@H](O[C@H]2[C@H](O)[C@@H](O)[C@H](O[C@@H]3[C@@H](NC(C)=O)[C@H](OCCCCCCN=[N+]=[N-])O[C@H](COS(=O)(=O)O)[C@@H]3OS(=O)(=O)O)O[C@@H]2C(=O)O)O[C@H](COS(=O)(=O)O)[C@H](OS(=O)(=O)O)[C@@H]1O[C@@H]1O[C@H](C(=O)O)[C@@H](O)[C@H](O)[C@H]1O. The van der Waals surface area contributed by atoms with Gasteiger partial charge >= 0.3 is 53.5 Å². The fourth-order valence-electron chi connectivity index (χ4n) is 8.06. The largest absolute Gasteiger partial charge is 0.479 e. The number of carbonyl (C=O) groups is 4. The summed E-state index contributed by atoms with van der Waals surface area (Å²) in [6, 6.07) is -4.32. The second kappa shape index (κ2) is 28.2. The van der Waals surface area contributed by atoms with Crippen molar-refractivity contribution in [1.29, 1.82) is 0 Å². The van der Waals surface area contributed by atoms with Gasteiger partial charge in [0.05, 0.1) is 13.2 Å². The third kappa shape index (κ3) is 19.7. The Balaban J connectivity index is 1.81. The van der Waals surface area contributed by atoms with Crippen LogP contribution in [0.5, 0.6) is 0 Å². The van der Waals surface area contributed by atoms with Gasteiger partial charge < -0.3 is 84.3 Å². The Labute approximate surface area is 440 Å². The number of carbonyl (C=O) groups excluding carboxylic acids is 2. The highest BCUT2D eigenvalue weighted by molar-refractivity contribution is 7.81. The van der Waals surface area contributed by atoms with Crippen LogP contribution in [0.3, 0.4) is 0 Å². The topological polar surface area (TPSA) is 611 Å². The molecule has 4 saturated heterocycles. The lowest BCUT2D eigenvalue weighted by Crippen LogP contribution is -2.71. The van der Waals surface area contributed by atoms with E-state index in [0.29, 0.717) is 19.3 Å². The highest BCUT2D eigenvalue weighted by Crippen LogP contribution is 2.37. The average Bonchev–Trinajstić information content (AvgIpc) is 3.29. The van der Waals surface area contributed by atoms with E-state index in [-0.39, 0.29) is 19.6 Å². The minimum Gasteiger partial charge on any atom is -0.479 e. The van der Waals surface area contributed by atoms with E-state index in [1.807, 2.05) is 0 Å². The summed E-state index contributed by atoms with van der Waals surface area (Å²) in [5.74, 6) is -6.43. The Bertz CT molecular complexity index is 2580. The molecule has 0 unspecified atom stereocenters. The van der Waals surface area contributed by atoms with Gasteiger partial charge in [-0.05, 0) is 18.4 Å². The van der Waals surface area contributed by atoms with E-state index in [1.165, 1.54) is 0 Å². The summed E-state index contributed by atoms with van der Waals surface area (Å²) in [6.45, 7) is -1.61. The molecule has 0 aromatic rings. The number of azide groups is 1. The molecule has 0 aromatic heterocycles. The molecule has 4 fully saturated rings. The van der Waals surface area contributed by atoms with Crippen molar-refractivity contribution in [1.82, 2.24) is 10.6 Å². The second-order valence-corrected chi connectivity index (χ2v) is 21.2. The summed E-state index contributed by atoms with van der Waals surface area (Å²) in [4.78, 5) is 53.0. The maximum Gasteiger partial charge on any atom is 0.397 e. The van der Waals surface area contributed by atoms with Gasteiger partial charge in [0.2, 0.25) is 11.8 Å². The first kappa shape index (κ1) is 66.7. The second-order valence-electron chi connectivity index (χ2n) is 17.0. The predicted molar refractivity (Wildman–Crippen MR) is 236 cm³/mol. The molecular formula is C34H55N5O35S4. The van der Waals surface area contributed by atoms with Crippen LogP contribution in [0.15, 0.2) is 5.11 Å². The Kier molecular flexibility index (Phi) is 24.1. The number of amides is 2. The van der Waals surface area contributed by atoms with E-state index in [9.17, 15) is 107 Å². The fourth-order valence-corrected chi connectivity index (χ4v) is 9.70. The third-order valence-corrected chi connectivity index (χ3v) is 13.0. The Hall–Kier alpha value is -3.85. The van der Waals surface area contributed by atoms with Gasteiger partial charge in [-0.2, -0.15) is 33.7 Å². The molecule has 20 atom stereocenters. The number of rotatable bonds is 28. The van der Waals surface area contributed by atoms with Crippen molar-refractivity contribution in [3.63, 3.8) is 0 Å². The van der Waals surface area contributed by atoms with Crippen molar-refractivity contribution >= 4 is 65.3 Å². The molecule has 0 saturated carbocycles. The van der Waals surface area contributed by atoms with Crippen LogP contribution in [0.2, 0.25) is 0 Å². The Morgan fingerprint density at radius 2 is 0.949 bits per heavy atom. The summed E-state index contributed by atoms with van der Waals surface area (Å²) in [5.41, 5.74) is 8.49. The number of nitrogens with zero attached hydrogens (tertiary/aromatic N) is 3. The van der Waals surface area contributed by atoms with E-state index in [1.54, 1.807) is 0 Å². The summed E-state index contributed by atoms with van der Waals surface area (Å²) in [6.07, 6.45) is -43.9. The maximum absolute atomic E-state index is 13.0. The fraction of sp³-hybridized carbons (Fsp3) is 0.882. The van der Waals surface area contributed by atoms with Gasteiger partial charge in [0, 0.05) is 31.9 Å². The zero-order chi connectivity index (χ0) is 58.8. The monoisotopic (exact) mass is 1220 g/mol. The van der Waals surface area contributed by atoms with E-state index >= 15 is 0 Å². The number of nitrogens with one attached hydrogen (secondary N) is 2. The lowest BCUT2D eigenvalue weighted by Gasteiger charge is -2.50. The van der Waals surface area contributed by atoms with Gasteiger partial charge in [0.1, 0.15) is 85.3 Å². The van der Waals surface area contributed by atoms with Crippen molar-refractivity contribution in [3.05, 3.63) is 10.4 Å². The minimum atomic E-state index is -5.85. The molecule has 4 aliphatic heterocycles. The van der Waals surface area contributed by atoms with Crippen LogP contribution in [-0.2, 0) is 115 Å². The van der Waals surface area contributed by atoms with Crippen LogP contribution in [-0.4, -0.2) is 260 Å². The molecule has 0 aliphatic carbocycles. The van der Waals surface area contributed by atoms with Gasteiger partial charge in [0.15, 0.2) is 37.4 Å². The van der Waals surface area contributed by atoms with Crippen molar-refractivity contribution in [2.45, 2.75) is 162 Å². The number of aliphatic hydroxyl groups is 5. The summed E-state index contributed by atoms with van der Waals surface area (Å²) in [7, 11) is -22.6. The molecule has 13 N–H and O–H groups in total. The summed E-state index contributed by atoms with van der Waals surface area (Å²) >= 11 is 0. The van der Waals surface area contributed by atoms with E-state index < -0.39 is 201 Å². The molecule has 0 radical (unpaired) electrons. The number of aliphatic hydroxyl groups excluding tert-OH is 5. The first-order valence-corrected chi connectivity index (χ1v) is 27.6. The van der Waals surface area contributed by atoms with E-state index in [2.05, 4.69) is 33.2 Å². The smallest absolute Gasteiger partial charge is 0.397 e. The quantitative estimate of drug-likeness (QED) is 0.0114. The first-order valence-electron chi connectivity index (χ1n) is 22.2. The lowest BCUT2D eigenvalue weighted by atomic mass is 9.94. The minimum absolute atomic E-state index is 0.141. The number of carboxylic acids is 2. The van der Waals surface area contributed by atoms with Crippen molar-refractivity contribution < 1.29 is 161 Å². The van der Waals surface area contributed by atoms with Crippen molar-refractivity contribution in [2.75, 3.05) is 26.4 Å². The molecule has 78 heavy (non-hydrogen) atoms. The molecule has 4 rings (SSSR count). The highest BCUT2D eigenvalue weighted by Gasteiger charge is 2.59. The molecule has 4 aliphatic rings. The van der Waals surface area contributed by atoms with Crippen LogP contribution < -0.4 is 10.6 Å². The van der Waals surface area contributed by atoms with Gasteiger partial charge in [0.25, 0.3) is 0 Å². The average molecular weight is 1220 g/mol. The van der Waals surface area contributed by atoms with Crippen molar-refractivity contribution in [3.8, 4) is 0 Å². The number of ether oxygens (including phenoxy) is 8. The van der Waals surface area contributed by atoms with Gasteiger partial charge in [-0.15, -0.1) is 0 Å². The van der Waals surface area contributed by atoms with Gasteiger partial charge in [-0.25, -0.2) is 26.3 Å². The number of aliphatic carboxylic acids is 2. The van der Waals surface area contributed by atoms with Crippen LogP contribution in [0, 0.1) is 0 Å². The predicted octanol–water partition coefficient (Wildman–Crippen LogP) is -7.07. The number of carboxylic acid groups (broad SMARTS) is 2. The zero-order valence-electron chi connectivity index (χ0n) is 39.9. The normalized spacial score (nSPS) is 35.9. The molecule has 0 spiro atoms. The van der Waals surface area contributed by atoms with Crippen LogP contribution in [0.4, 0.5) is 0 Å². The molecule has 44 heteroatoms. The van der Waals surface area contributed by atoms with Crippen LogP contribution in [0.1, 0.15) is 39.5 Å². The third-order valence-electron chi connectivity index (χ3n) is 11.2. The summed E-state index contributed by atoms with van der Waals surface area (Å²) in [5, 5.41) is 82.6. The van der Waals surface area contributed by atoms with Crippen LogP contribution in [0.25, 0.3) is 10.4 Å². The molecule has 0 aromatic carbocycles. The molecule has 40 nitrogen and oxygen atoms in total. The standard InChI is InChI=1S/C34H55N5O35S4/c1-11(40)37-15-24(22(73-77(57,58)59)13(9-64-75(51,52)53)66-31(15)63-8-6-4-3-5-7-36-39-35)68-34-21(46)19(44)26(28(72-34)30(49)50)70-32-16(38-12(2)41)25(69-33-20(45)17(42)18(43)27(71-33)29(47)48)23(74-78(60,61)62)14(67-32)10-65-76(54,55)56/h13-28,31-34,42-46H,3-10H2,1-2H3,(H,37,40)(H,38,41)(H,47,48)(H,49,50)(H,51,52,53)(H,54,55,56)(H,57,58,59)(H,60,61,62)/t13-,14-,15-,16-,17+,18+,19-,20-,21-,22+,23+,24-,25-,26+,27+,28+,31-,32+,33-,34-/m1/s1. The first-order chi connectivity index (χ1) is 36.0. The molecule has 0 bridgehead atoms. The van der Waals surface area contributed by atoms with Crippen LogP contribution >= 0.6 is 0 Å². The zero-order valence-corrected chi connectivity index (χ0v) is 43.2. The highest BCUT2D eigenvalue weighted by atomic mass is 32.3. The molecule has 450 valence electrons. The van der Waals surface area contributed by atoms with E-state index in [4.69, 9.17) is 47.6 Å². The molecule has 4 heterocycles. The van der Waals surface area contributed by atoms with E-state index in [0.717, 1.165) is 13.8 Å². The Morgan fingerprint density at radius 3 is 1.38 bits per heavy atom. The number of hydrogen-bond acceptors (Lipinski definition) is 30. The summed E-state index contributed by atoms with van der Waals surface area (Å²) < 4.78 is 197. The Morgan fingerprint density at radius 1 is 0.526 bits per heavy atom. The lowest BCUT2D eigenvalue weighted by molar-refractivity contribution is -0.367. The number of unbranched alkanes of at least 4 members (excludes halogenated alkanes) is 3. The molecular weight excluding hydrogens is 1170 g/mol. The van der Waals surface area contributed by atoms with Crippen molar-refractivity contribution in [2.24, 2.45) is 5.11 Å².